The first-order valence-corrected chi connectivity index (χ1v) is 6.32. The Morgan fingerprint density at radius 2 is 2.50 bits per heavy atom. The van der Waals surface area contributed by atoms with Gasteiger partial charge in [-0.1, -0.05) is 0 Å². The summed E-state index contributed by atoms with van der Waals surface area (Å²) < 4.78 is 0. The van der Waals surface area contributed by atoms with Crippen molar-refractivity contribution >= 4 is 33.1 Å². The number of carbonyl (C=O) groups is 1. The molecule has 18 heavy (non-hydrogen) atoms. The predicted molar refractivity (Wildman–Crippen MR) is 74.4 cm³/mol. The molecule has 0 radical (unpaired) electrons. The van der Waals surface area contributed by atoms with Crippen LogP contribution < -0.4 is 11.1 Å². The summed E-state index contributed by atoms with van der Waals surface area (Å²) in [6.07, 6.45) is 7.38. The highest BCUT2D eigenvalue weighted by atomic mass is 32.1. The van der Waals surface area contributed by atoms with Gasteiger partial charge in [0.15, 0.2) is 0 Å². The zero-order valence-corrected chi connectivity index (χ0v) is 10.8. The highest BCUT2D eigenvalue weighted by Crippen LogP contribution is 2.31. The van der Waals surface area contributed by atoms with Crippen molar-refractivity contribution in [1.29, 1.82) is 0 Å². The van der Waals surface area contributed by atoms with E-state index >= 15 is 0 Å². The Morgan fingerprint density at radius 1 is 1.72 bits per heavy atom. The van der Waals surface area contributed by atoms with E-state index in [0.717, 1.165) is 10.2 Å². The number of hydrogen-bond donors (Lipinski definition) is 2. The van der Waals surface area contributed by atoms with Gasteiger partial charge in [0.25, 0.3) is 5.91 Å². The van der Waals surface area contributed by atoms with E-state index in [-0.39, 0.29) is 11.9 Å². The number of amides is 1. The average molecular weight is 259 g/mol. The molecule has 1 unspecified atom stereocenters. The summed E-state index contributed by atoms with van der Waals surface area (Å²) >= 11 is 1.29. The van der Waals surface area contributed by atoms with Crippen LogP contribution in [0.25, 0.3) is 10.2 Å². The Kier molecular flexibility index (Phi) is 3.49. The molecular formula is C13H13N3OS. The van der Waals surface area contributed by atoms with Crippen LogP contribution in [-0.4, -0.2) is 16.9 Å². The number of aromatic nitrogens is 1. The summed E-state index contributed by atoms with van der Waals surface area (Å²) in [7, 11) is 0. The number of pyridine rings is 1. The number of anilines is 1. The van der Waals surface area contributed by atoms with Crippen LogP contribution in [0.2, 0.25) is 0 Å². The lowest BCUT2D eigenvalue weighted by Crippen LogP contribution is -2.32. The molecule has 3 N–H and O–H groups in total. The number of nitrogens with two attached hydrogens (primary N) is 1. The van der Waals surface area contributed by atoms with Gasteiger partial charge in [0.05, 0.1) is 5.69 Å². The Balaban J connectivity index is 2.28. The predicted octanol–water partition coefficient (Wildman–Crippen LogP) is 2.02. The minimum atomic E-state index is -0.196. The molecule has 4 nitrogen and oxygen atoms in total. The lowest BCUT2D eigenvalue weighted by atomic mass is 10.2. The molecule has 0 aliphatic heterocycles. The number of thiophene rings is 1. The first kappa shape index (κ1) is 12.4. The molecule has 0 aliphatic rings. The second-order valence-corrected chi connectivity index (χ2v) is 4.98. The smallest absolute Gasteiger partial charge is 0.263 e. The molecule has 92 valence electrons. The van der Waals surface area contributed by atoms with Crippen LogP contribution >= 0.6 is 11.3 Å². The zero-order valence-electron chi connectivity index (χ0n) is 9.93. The fraction of sp³-hybridized carbons (Fsp3) is 0.231. The quantitative estimate of drug-likeness (QED) is 0.829. The molecule has 1 amide bonds. The molecule has 2 heterocycles. The second-order valence-electron chi connectivity index (χ2n) is 3.98. The number of rotatable bonds is 3. The van der Waals surface area contributed by atoms with E-state index in [2.05, 4.69) is 16.2 Å². The third-order valence-corrected chi connectivity index (χ3v) is 3.64. The minimum Gasteiger partial charge on any atom is -0.397 e. The number of nitrogens with zero attached hydrogens (tertiary/aromatic N) is 1. The minimum absolute atomic E-state index is 0.0694. The Morgan fingerprint density at radius 3 is 3.17 bits per heavy atom. The molecule has 2 aromatic heterocycles. The normalized spacial score (nSPS) is 12.0. The maximum absolute atomic E-state index is 12.0. The third kappa shape index (κ3) is 2.29. The molecule has 1 atom stereocenters. The van der Waals surface area contributed by atoms with Gasteiger partial charge in [-0.05, 0) is 19.1 Å². The molecule has 0 bridgehead atoms. The van der Waals surface area contributed by atoms with Crippen molar-refractivity contribution in [2.24, 2.45) is 0 Å². The average Bonchev–Trinajstić information content (AvgIpc) is 2.68. The SMILES string of the molecule is C#CCC(C)NC(=O)c1sc2ncccc2c1N. The third-order valence-electron chi connectivity index (χ3n) is 2.51. The molecular weight excluding hydrogens is 246 g/mol. The Bertz CT molecular complexity index is 627. The molecule has 0 aliphatic carbocycles. The monoisotopic (exact) mass is 259 g/mol. The molecule has 2 rings (SSSR count). The van der Waals surface area contributed by atoms with Crippen LogP contribution in [-0.2, 0) is 0 Å². The van der Waals surface area contributed by atoms with E-state index in [1.165, 1.54) is 11.3 Å². The van der Waals surface area contributed by atoms with Gasteiger partial charge in [0.2, 0.25) is 0 Å². The summed E-state index contributed by atoms with van der Waals surface area (Å²) in [5.41, 5.74) is 6.44. The van der Waals surface area contributed by atoms with Crippen molar-refractivity contribution < 1.29 is 4.79 Å². The highest BCUT2D eigenvalue weighted by molar-refractivity contribution is 7.21. The molecule has 0 saturated carbocycles. The first-order valence-electron chi connectivity index (χ1n) is 5.50. The van der Waals surface area contributed by atoms with Crippen molar-refractivity contribution in [2.45, 2.75) is 19.4 Å². The van der Waals surface area contributed by atoms with Crippen LogP contribution in [0.1, 0.15) is 23.0 Å². The number of fused-ring (bicyclic) bond motifs is 1. The van der Waals surface area contributed by atoms with E-state index in [0.29, 0.717) is 17.0 Å². The first-order chi connectivity index (χ1) is 8.63. The zero-order chi connectivity index (χ0) is 13.1. The molecule has 0 spiro atoms. The van der Waals surface area contributed by atoms with Crippen LogP contribution in [0.3, 0.4) is 0 Å². The van der Waals surface area contributed by atoms with Crippen molar-refractivity contribution in [3.8, 4) is 12.3 Å². The fourth-order valence-corrected chi connectivity index (χ4v) is 2.60. The number of carbonyl (C=O) groups excluding carboxylic acids is 1. The summed E-state index contributed by atoms with van der Waals surface area (Å²) in [4.78, 5) is 17.5. The van der Waals surface area contributed by atoms with Crippen LogP contribution in [0, 0.1) is 12.3 Å². The van der Waals surface area contributed by atoms with Crippen molar-refractivity contribution in [2.75, 3.05) is 5.73 Å². The summed E-state index contributed by atoms with van der Waals surface area (Å²) in [5, 5.41) is 3.64. The summed E-state index contributed by atoms with van der Waals surface area (Å²) in [5.74, 6) is 2.31. The van der Waals surface area contributed by atoms with Gasteiger partial charge in [0.1, 0.15) is 9.71 Å². The number of nitrogen functional groups attached to an aromatic ring is 1. The van der Waals surface area contributed by atoms with Crippen LogP contribution in [0.4, 0.5) is 5.69 Å². The highest BCUT2D eigenvalue weighted by Gasteiger charge is 2.17. The van der Waals surface area contributed by atoms with Crippen LogP contribution in [0.5, 0.6) is 0 Å². The topological polar surface area (TPSA) is 68.0 Å². The van der Waals surface area contributed by atoms with Gasteiger partial charge in [-0.2, -0.15) is 0 Å². The van der Waals surface area contributed by atoms with E-state index in [1.807, 2.05) is 13.0 Å². The van der Waals surface area contributed by atoms with Gasteiger partial charge >= 0.3 is 0 Å². The molecule has 0 saturated heterocycles. The van der Waals surface area contributed by atoms with Gasteiger partial charge in [-0.3, -0.25) is 4.79 Å². The lowest BCUT2D eigenvalue weighted by molar-refractivity contribution is 0.0946. The van der Waals surface area contributed by atoms with Gasteiger partial charge in [-0.15, -0.1) is 23.7 Å². The molecule has 0 aromatic carbocycles. The fourth-order valence-electron chi connectivity index (χ4n) is 1.64. The Labute approximate surface area is 109 Å². The number of terminal acetylenes is 1. The van der Waals surface area contributed by atoms with E-state index in [9.17, 15) is 4.79 Å². The number of nitrogens with one attached hydrogen (secondary N) is 1. The second kappa shape index (κ2) is 5.07. The van der Waals surface area contributed by atoms with Crippen molar-refractivity contribution in [3.05, 3.63) is 23.2 Å². The number of hydrogen-bond acceptors (Lipinski definition) is 4. The summed E-state index contributed by atoms with van der Waals surface area (Å²) in [6, 6.07) is 3.59. The standard InChI is InChI=1S/C13H13N3OS/c1-3-5-8(2)16-12(17)11-10(14)9-6-4-7-15-13(9)18-11/h1,4,6-8H,5,14H2,2H3,(H,16,17). The van der Waals surface area contributed by atoms with E-state index in [4.69, 9.17) is 12.2 Å². The molecule has 0 fully saturated rings. The maximum Gasteiger partial charge on any atom is 0.263 e. The van der Waals surface area contributed by atoms with Crippen molar-refractivity contribution in [3.63, 3.8) is 0 Å². The largest absolute Gasteiger partial charge is 0.397 e. The lowest BCUT2D eigenvalue weighted by Gasteiger charge is -2.09. The molecule has 2 aromatic rings. The maximum atomic E-state index is 12.0. The van der Waals surface area contributed by atoms with Gasteiger partial charge in [-0.25, -0.2) is 4.98 Å². The summed E-state index contributed by atoms with van der Waals surface area (Å²) in [6.45, 7) is 1.86. The molecule has 5 heteroatoms. The van der Waals surface area contributed by atoms with Crippen LogP contribution in [0.15, 0.2) is 18.3 Å². The van der Waals surface area contributed by atoms with E-state index in [1.54, 1.807) is 12.3 Å². The Hall–Kier alpha value is -2.06. The van der Waals surface area contributed by atoms with Gasteiger partial charge < -0.3 is 11.1 Å². The van der Waals surface area contributed by atoms with Crippen molar-refractivity contribution in [1.82, 2.24) is 10.3 Å². The van der Waals surface area contributed by atoms with E-state index < -0.39 is 0 Å². The van der Waals surface area contributed by atoms with Gasteiger partial charge in [0, 0.05) is 24.0 Å².